The van der Waals surface area contributed by atoms with Crippen LogP contribution in [0.5, 0.6) is 0 Å². The first kappa shape index (κ1) is 16.0. The number of carbonyl (C=O) groups excluding carboxylic acids is 2. The Balaban J connectivity index is 1.86. The molecule has 21 heavy (non-hydrogen) atoms. The molecule has 2 aliphatic rings. The van der Waals surface area contributed by atoms with Crippen molar-refractivity contribution < 1.29 is 18.0 Å². The van der Waals surface area contributed by atoms with E-state index in [9.17, 15) is 18.0 Å². The smallest absolute Gasteiger partial charge is 0.318 e. The van der Waals surface area contributed by atoms with Gasteiger partial charge in [0.25, 0.3) is 0 Å². The summed E-state index contributed by atoms with van der Waals surface area (Å²) in [5.74, 6) is -0.143. The van der Waals surface area contributed by atoms with Crippen LogP contribution in [0.4, 0.5) is 4.79 Å². The van der Waals surface area contributed by atoms with E-state index < -0.39 is 16.1 Å². The summed E-state index contributed by atoms with van der Waals surface area (Å²) in [6, 6.07) is -0.793. The van der Waals surface area contributed by atoms with Crippen molar-refractivity contribution in [2.75, 3.05) is 39.0 Å². The lowest BCUT2D eigenvalue weighted by Gasteiger charge is -2.34. The van der Waals surface area contributed by atoms with Gasteiger partial charge in [-0.15, -0.1) is 0 Å². The summed E-state index contributed by atoms with van der Waals surface area (Å²) < 4.78 is 24.2. The summed E-state index contributed by atoms with van der Waals surface area (Å²) in [7, 11) is -3.20. The number of hydrogen-bond acceptors (Lipinski definition) is 4. The normalized spacial score (nSPS) is 25.1. The number of nitrogens with zero attached hydrogens (tertiary/aromatic N) is 2. The molecule has 2 saturated heterocycles. The van der Waals surface area contributed by atoms with Gasteiger partial charge >= 0.3 is 6.03 Å². The minimum atomic E-state index is -3.20. The van der Waals surface area contributed by atoms with Gasteiger partial charge in [0.15, 0.2) is 0 Å². The maximum absolute atomic E-state index is 12.1. The van der Waals surface area contributed by atoms with E-state index in [1.54, 1.807) is 4.90 Å². The van der Waals surface area contributed by atoms with Crippen molar-refractivity contribution >= 4 is 22.0 Å². The van der Waals surface area contributed by atoms with Crippen LogP contribution in [-0.4, -0.2) is 74.6 Å². The van der Waals surface area contributed by atoms with Crippen LogP contribution in [0, 0.1) is 0 Å². The van der Waals surface area contributed by atoms with E-state index in [0.29, 0.717) is 39.1 Å². The summed E-state index contributed by atoms with van der Waals surface area (Å²) in [6.45, 7) is 1.92. The van der Waals surface area contributed by atoms with Crippen LogP contribution in [0.1, 0.15) is 19.3 Å². The van der Waals surface area contributed by atoms with Crippen molar-refractivity contribution in [3.63, 3.8) is 0 Å². The molecule has 8 nitrogen and oxygen atoms in total. The molecule has 0 spiro atoms. The van der Waals surface area contributed by atoms with Gasteiger partial charge in [-0.1, -0.05) is 0 Å². The number of urea groups is 1. The molecule has 2 heterocycles. The summed E-state index contributed by atoms with van der Waals surface area (Å²) in [6.07, 6.45) is 3.62. The molecule has 2 rings (SSSR count). The second-order valence-electron chi connectivity index (χ2n) is 5.44. The van der Waals surface area contributed by atoms with E-state index in [2.05, 4.69) is 10.6 Å². The molecule has 2 aliphatic heterocycles. The van der Waals surface area contributed by atoms with Crippen LogP contribution in [0.2, 0.25) is 0 Å². The number of rotatable bonds is 2. The third-order valence-electron chi connectivity index (χ3n) is 3.83. The Bertz CT molecular complexity index is 499. The van der Waals surface area contributed by atoms with Crippen LogP contribution in [-0.2, 0) is 14.8 Å². The molecule has 2 N–H and O–H groups in total. The molecular formula is C12H22N4O4S. The fraction of sp³-hybridized carbons (Fsp3) is 0.833. The SMILES string of the molecule is CS(=O)(=O)N1CCN(C(=O)NC2CCCCNC2=O)CC1. The predicted octanol–water partition coefficient (Wildman–Crippen LogP) is -1.06. The summed E-state index contributed by atoms with van der Waals surface area (Å²) in [4.78, 5) is 25.5. The van der Waals surface area contributed by atoms with Gasteiger partial charge in [0.2, 0.25) is 15.9 Å². The van der Waals surface area contributed by atoms with Gasteiger partial charge in [-0.25, -0.2) is 13.2 Å². The van der Waals surface area contributed by atoms with Crippen molar-refractivity contribution in [2.45, 2.75) is 25.3 Å². The summed E-state index contributed by atoms with van der Waals surface area (Å²) >= 11 is 0. The highest BCUT2D eigenvalue weighted by Gasteiger charge is 2.29. The largest absolute Gasteiger partial charge is 0.354 e. The number of carbonyl (C=O) groups is 2. The number of amides is 3. The minimum absolute atomic E-state index is 0.143. The molecule has 0 saturated carbocycles. The van der Waals surface area contributed by atoms with Crippen LogP contribution < -0.4 is 10.6 Å². The fourth-order valence-electron chi connectivity index (χ4n) is 2.54. The first-order valence-electron chi connectivity index (χ1n) is 7.16. The van der Waals surface area contributed by atoms with Crippen LogP contribution in [0.15, 0.2) is 0 Å². The van der Waals surface area contributed by atoms with Crippen LogP contribution in [0.3, 0.4) is 0 Å². The predicted molar refractivity (Wildman–Crippen MR) is 77.2 cm³/mol. The molecule has 120 valence electrons. The molecule has 1 atom stereocenters. The monoisotopic (exact) mass is 318 g/mol. The molecule has 0 aromatic carbocycles. The summed E-state index contributed by atoms with van der Waals surface area (Å²) in [5, 5.41) is 5.51. The van der Waals surface area contributed by atoms with Crippen molar-refractivity contribution in [3.05, 3.63) is 0 Å². The molecule has 3 amide bonds. The molecule has 0 aliphatic carbocycles. The zero-order valence-electron chi connectivity index (χ0n) is 12.2. The van der Waals surface area contributed by atoms with E-state index in [-0.39, 0.29) is 11.9 Å². The quantitative estimate of drug-likeness (QED) is 0.678. The molecule has 0 bridgehead atoms. The molecule has 9 heteroatoms. The highest BCUT2D eigenvalue weighted by molar-refractivity contribution is 7.88. The van der Waals surface area contributed by atoms with E-state index in [0.717, 1.165) is 12.8 Å². The third kappa shape index (κ3) is 4.31. The standard InChI is InChI=1S/C12H22N4O4S/c1-21(19,20)16-8-6-15(7-9-16)12(18)14-10-4-2-3-5-13-11(10)17/h10H,2-9H2,1H3,(H,13,17)(H,14,18). The Labute approximate surface area is 124 Å². The van der Waals surface area contributed by atoms with Gasteiger partial charge in [0, 0.05) is 32.7 Å². The van der Waals surface area contributed by atoms with E-state index in [4.69, 9.17) is 0 Å². The van der Waals surface area contributed by atoms with Gasteiger partial charge in [0.1, 0.15) is 6.04 Å². The van der Waals surface area contributed by atoms with Crippen LogP contribution in [0.25, 0.3) is 0 Å². The van der Waals surface area contributed by atoms with Crippen molar-refractivity contribution in [2.24, 2.45) is 0 Å². The highest BCUT2D eigenvalue weighted by atomic mass is 32.2. The van der Waals surface area contributed by atoms with E-state index in [1.165, 1.54) is 10.6 Å². The second-order valence-corrected chi connectivity index (χ2v) is 7.42. The second kappa shape index (κ2) is 6.61. The zero-order valence-corrected chi connectivity index (χ0v) is 13.0. The van der Waals surface area contributed by atoms with Gasteiger partial charge in [-0.2, -0.15) is 4.31 Å². The molecule has 2 fully saturated rings. The van der Waals surface area contributed by atoms with Gasteiger partial charge < -0.3 is 15.5 Å². The highest BCUT2D eigenvalue weighted by Crippen LogP contribution is 2.09. The number of nitrogens with one attached hydrogen (secondary N) is 2. The molecule has 0 aromatic rings. The van der Waals surface area contributed by atoms with E-state index in [1.807, 2.05) is 0 Å². The first-order chi connectivity index (χ1) is 9.88. The Morgan fingerprint density at radius 1 is 1.24 bits per heavy atom. The molecule has 0 radical (unpaired) electrons. The average molecular weight is 318 g/mol. The molecular weight excluding hydrogens is 296 g/mol. The Kier molecular flexibility index (Phi) is 5.04. The molecule has 1 unspecified atom stereocenters. The van der Waals surface area contributed by atoms with Gasteiger partial charge in [-0.3, -0.25) is 4.79 Å². The lowest BCUT2D eigenvalue weighted by Crippen LogP contribution is -2.56. The van der Waals surface area contributed by atoms with E-state index >= 15 is 0 Å². The third-order valence-corrected chi connectivity index (χ3v) is 5.13. The average Bonchev–Trinajstić information content (AvgIpc) is 2.63. The van der Waals surface area contributed by atoms with Gasteiger partial charge in [-0.05, 0) is 19.3 Å². The Hall–Kier alpha value is -1.35. The number of piperazine rings is 1. The number of hydrogen-bond donors (Lipinski definition) is 2. The zero-order chi connectivity index (χ0) is 15.5. The Morgan fingerprint density at radius 2 is 1.90 bits per heavy atom. The lowest BCUT2D eigenvalue weighted by molar-refractivity contribution is -0.122. The van der Waals surface area contributed by atoms with Gasteiger partial charge in [0.05, 0.1) is 6.26 Å². The maximum atomic E-state index is 12.1. The minimum Gasteiger partial charge on any atom is -0.354 e. The Morgan fingerprint density at radius 3 is 2.52 bits per heavy atom. The van der Waals surface area contributed by atoms with Crippen molar-refractivity contribution in [1.29, 1.82) is 0 Å². The number of sulfonamides is 1. The summed E-state index contributed by atoms with van der Waals surface area (Å²) in [5.41, 5.74) is 0. The first-order valence-corrected chi connectivity index (χ1v) is 9.01. The molecule has 0 aromatic heterocycles. The fourth-order valence-corrected chi connectivity index (χ4v) is 3.37. The van der Waals surface area contributed by atoms with Crippen molar-refractivity contribution in [1.82, 2.24) is 19.8 Å². The topological polar surface area (TPSA) is 98.8 Å². The van der Waals surface area contributed by atoms with Crippen molar-refractivity contribution in [3.8, 4) is 0 Å². The maximum Gasteiger partial charge on any atom is 0.318 e. The lowest BCUT2D eigenvalue weighted by atomic mass is 10.1. The van der Waals surface area contributed by atoms with Crippen LogP contribution >= 0.6 is 0 Å².